The average Bonchev–Trinajstić information content (AvgIpc) is 2.71. The highest BCUT2D eigenvalue weighted by Gasteiger charge is 2.17. The van der Waals surface area contributed by atoms with E-state index in [9.17, 15) is 4.79 Å². The molecule has 1 radical (unpaired) electrons. The Kier molecular flexibility index (Phi) is 3.44. The van der Waals surface area contributed by atoms with E-state index >= 15 is 0 Å². The Morgan fingerprint density at radius 2 is 1.86 bits per heavy atom. The predicted molar refractivity (Wildman–Crippen MR) is 90.9 cm³/mol. The monoisotopic (exact) mass is 293 g/mol. The predicted octanol–water partition coefficient (Wildman–Crippen LogP) is 3.85. The van der Waals surface area contributed by atoms with Gasteiger partial charge >= 0.3 is 5.69 Å². The highest BCUT2D eigenvalue weighted by Crippen LogP contribution is 2.25. The van der Waals surface area contributed by atoms with E-state index in [1.807, 2.05) is 35.9 Å². The fraction of sp³-hybridized carbons (Fsp3) is 0.316. The summed E-state index contributed by atoms with van der Waals surface area (Å²) in [4.78, 5) is 12.5. The van der Waals surface area contributed by atoms with Gasteiger partial charge in [-0.25, -0.2) is 4.79 Å². The van der Waals surface area contributed by atoms with Crippen LogP contribution >= 0.6 is 0 Å². The van der Waals surface area contributed by atoms with Crippen LogP contribution in [0.15, 0.2) is 47.3 Å². The van der Waals surface area contributed by atoms with E-state index in [0.717, 1.165) is 22.2 Å². The van der Waals surface area contributed by atoms with Crippen LogP contribution in [0.25, 0.3) is 22.2 Å². The molecule has 0 aliphatic rings. The van der Waals surface area contributed by atoms with Crippen molar-refractivity contribution in [3.05, 3.63) is 59.0 Å². The summed E-state index contributed by atoms with van der Waals surface area (Å²) in [7, 11) is 1.84. The molecule has 0 N–H and O–H groups in total. The Balaban J connectivity index is 2.19. The number of nitrogens with zero attached hydrogens (tertiary/aromatic N) is 2. The standard InChI is InChI=1S/C19H21N2O/c1-19(2,3)13-21-16-11-10-15(14-8-6-5-7-9-14)12-17(16)20(4)18(21)22/h5-6,8-12H,13H2,1-4H3. The Hall–Kier alpha value is -2.29. The minimum absolute atomic E-state index is 0.0432. The fourth-order valence-electron chi connectivity index (χ4n) is 2.79. The Morgan fingerprint density at radius 3 is 2.50 bits per heavy atom. The molecule has 0 aliphatic heterocycles. The molecule has 3 rings (SSSR count). The summed E-state index contributed by atoms with van der Waals surface area (Å²) in [5.74, 6) is 0. The first-order valence-corrected chi connectivity index (χ1v) is 7.52. The van der Waals surface area contributed by atoms with Crippen molar-refractivity contribution in [2.75, 3.05) is 0 Å². The highest BCUT2D eigenvalue weighted by atomic mass is 16.1. The first kappa shape index (κ1) is 14.6. The third-order valence-corrected chi connectivity index (χ3v) is 3.82. The van der Waals surface area contributed by atoms with Crippen LogP contribution in [0.4, 0.5) is 0 Å². The summed E-state index contributed by atoms with van der Waals surface area (Å²) in [6.45, 7) is 7.15. The van der Waals surface area contributed by atoms with Crippen LogP contribution < -0.4 is 5.69 Å². The maximum atomic E-state index is 12.5. The third kappa shape index (κ3) is 2.59. The molecule has 0 saturated heterocycles. The van der Waals surface area contributed by atoms with Crippen LogP contribution in [0, 0.1) is 11.5 Å². The zero-order valence-corrected chi connectivity index (χ0v) is 13.6. The second kappa shape index (κ2) is 5.16. The molecule has 0 unspecified atom stereocenters. The summed E-state index contributed by atoms with van der Waals surface area (Å²) >= 11 is 0. The Labute approximate surface area is 130 Å². The largest absolute Gasteiger partial charge is 0.328 e. The van der Waals surface area contributed by atoms with Gasteiger partial charge in [0, 0.05) is 13.6 Å². The van der Waals surface area contributed by atoms with Gasteiger partial charge in [0.25, 0.3) is 0 Å². The van der Waals surface area contributed by atoms with E-state index in [-0.39, 0.29) is 11.1 Å². The molecule has 0 fully saturated rings. The summed E-state index contributed by atoms with van der Waals surface area (Å²) in [6.07, 6.45) is 0. The van der Waals surface area contributed by atoms with Gasteiger partial charge in [0.15, 0.2) is 0 Å². The lowest BCUT2D eigenvalue weighted by Crippen LogP contribution is -2.27. The quantitative estimate of drug-likeness (QED) is 0.705. The molecular formula is C19H21N2O. The number of aryl methyl sites for hydroxylation is 1. The number of rotatable bonds is 2. The van der Waals surface area contributed by atoms with Gasteiger partial charge in [-0.05, 0) is 40.8 Å². The van der Waals surface area contributed by atoms with Gasteiger partial charge in [-0.1, -0.05) is 45.0 Å². The number of imidazole rings is 1. The lowest BCUT2D eigenvalue weighted by molar-refractivity contribution is 0.342. The molecule has 0 spiro atoms. The van der Waals surface area contributed by atoms with Crippen molar-refractivity contribution in [1.29, 1.82) is 0 Å². The van der Waals surface area contributed by atoms with Crippen LogP contribution in [0.1, 0.15) is 20.8 Å². The third-order valence-electron chi connectivity index (χ3n) is 3.82. The van der Waals surface area contributed by atoms with E-state index in [1.54, 1.807) is 4.57 Å². The van der Waals surface area contributed by atoms with E-state index in [1.165, 1.54) is 0 Å². The maximum absolute atomic E-state index is 12.5. The molecule has 22 heavy (non-hydrogen) atoms. The number of fused-ring (bicyclic) bond motifs is 1. The zero-order valence-electron chi connectivity index (χ0n) is 13.6. The number of benzene rings is 2. The lowest BCUT2D eigenvalue weighted by atomic mass is 9.97. The van der Waals surface area contributed by atoms with Crippen molar-refractivity contribution in [3.63, 3.8) is 0 Å². The molecule has 0 atom stereocenters. The molecule has 0 bridgehead atoms. The summed E-state index contributed by atoms with van der Waals surface area (Å²) in [5.41, 5.74) is 4.28. The van der Waals surface area contributed by atoms with E-state index < -0.39 is 0 Å². The number of hydrogen-bond acceptors (Lipinski definition) is 1. The van der Waals surface area contributed by atoms with Crippen molar-refractivity contribution >= 4 is 11.0 Å². The Bertz CT molecular complexity index is 864. The molecule has 0 amide bonds. The first-order valence-electron chi connectivity index (χ1n) is 7.52. The molecule has 2 aromatic carbocycles. The van der Waals surface area contributed by atoms with Crippen LogP contribution in [-0.4, -0.2) is 9.13 Å². The van der Waals surface area contributed by atoms with Gasteiger partial charge in [-0.2, -0.15) is 0 Å². The normalized spacial score (nSPS) is 12.0. The molecule has 3 nitrogen and oxygen atoms in total. The molecular weight excluding hydrogens is 272 g/mol. The van der Waals surface area contributed by atoms with Gasteiger partial charge in [0.2, 0.25) is 0 Å². The van der Waals surface area contributed by atoms with Crippen molar-refractivity contribution in [2.24, 2.45) is 12.5 Å². The highest BCUT2D eigenvalue weighted by molar-refractivity contribution is 5.82. The molecule has 1 heterocycles. The van der Waals surface area contributed by atoms with Crippen molar-refractivity contribution < 1.29 is 0 Å². The smallest absolute Gasteiger partial charge is 0.295 e. The molecule has 113 valence electrons. The lowest BCUT2D eigenvalue weighted by Gasteiger charge is -2.18. The van der Waals surface area contributed by atoms with Crippen LogP contribution in [0.5, 0.6) is 0 Å². The number of hydrogen-bond donors (Lipinski definition) is 0. The van der Waals surface area contributed by atoms with Gasteiger partial charge in [-0.15, -0.1) is 0 Å². The second-order valence-electron chi connectivity index (χ2n) is 6.98. The average molecular weight is 293 g/mol. The molecule has 3 aromatic rings. The first-order chi connectivity index (χ1) is 10.4. The van der Waals surface area contributed by atoms with Crippen molar-refractivity contribution in [3.8, 4) is 11.1 Å². The topological polar surface area (TPSA) is 26.9 Å². The van der Waals surface area contributed by atoms with E-state index in [4.69, 9.17) is 0 Å². The van der Waals surface area contributed by atoms with Crippen LogP contribution in [0.3, 0.4) is 0 Å². The maximum Gasteiger partial charge on any atom is 0.328 e. The van der Waals surface area contributed by atoms with Crippen molar-refractivity contribution in [1.82, 2.24) is 9.13 Å². The van der Waals surface area contributed by atoms with Gasteiger partial charge in [-0.3, -0.25) is 9.13 Å². The molecule has 3 heteroatoms. The van der Waals surface area contributed by atoms with Crippen LogP contribution in [-0.2, 0) is 13.6 Å². The van der Waals surface area contributed by atoms with Gasteiger partial charge in [0.1, 0.15) is 0 Å². The minimum atomic E-state index is 0.0432. The number of aromatic nitrogens is 2. The summed E-state index contributed by atoms with van der Waals surface area (Å²) < 4.78 is 3.60. The second-order valence-corrected chi connectivity index (χ2v) is 6.98. The fourth-order valence-corrected chi connectivity index (χ4v) is 2.79. The Morgan fingerprint density at radius 1 is 1.09 bits per heavy atom. The van der Waals surface area contributed by atoms with Gasteiger partial charge < -0.3 is 0 Å². The minimum Gasteiger partial charge on any atom is -0.295 e. The summed E-state index contributed by atoms with van der Waals surface area (Å²) in [5, 5.41) is 0. The zero-order chi connectivity index (χ0) is 15.9. The van der Waals surface area contributed by atoms with E-state index in [2.05, 4.69) is 45.0 Å². The van der Waals surface area contributed by atoms with Crippen molar-refractivity contribution in [2.45, 2.75) is 27.3 Å². The van der Waals surface area contributed by atoms with Gasteiger partial charge in [0.05, 0.1) is 11.0 Å². The molecule has 0 saturated carbocycles. The van der Waals surface area contributed by atoms with E-state index in [0.29, 0.717) is 6.54 Å². The van der Waals surface area contributed by atoms with Crippen LogP contribution in [0.2, 0.25) is 0 Å². The molecule has 1 aromatic heterocycles. The summed E-state index contributed by atoms with van der Waals surface area (Å²) in [6, 6.07) is 17.2. The molecule has 0 aliphatic carbocycles. The SMILES string of the molecule is Cn1c(=O)n(CC(C)(C)C)c2ccc(-c3c[c]ccc3)cc21.